The van der Waals surface area contributed by atoms with Crippen LogP contribution in [0.3, 0.4) is 0 Å². The van der Waals surface area contributed by atoms with Gasteiger partial charge in [0.15, 0.2) is 0 Å². The molecule has 0 saturated heterocycles. The second-order valence-corrected chi connectivity index (χ2v) is 0.447. The Hall–Kier alpha value is -2.98. The molecule has 0 rings (SSSR count). The van der Waals surface area contributed by atoms with E-state index in [0.29, 0.717) is 0 Å². The molecule has 1 radical (unpaired) electrons. The fourth-order valence-corrected chi connectivity index (χ4v) is 0. The predicted octanol–water partition coefficient (Wildman–Crippen LogP) is 1.50. The zero-order chi connectivity index (χ0) is 16.2. The molecular weight excluding hydrogens is 379 g/mol. The first-order chi connectivity index (χ1) is 8.49. The monoisotopic (exact) mass is 379 g/mol. The van der Waals surface area contributed by atoms with Gasteiger partial charge in [0.1, 0.15) is 0 Å². The summed E-state index contributed by atoms with van der Waals surface area (Å²) >= 11 is 0. The van der Waals surface area contributed by atoms with Gasteiger partial charge in [0.2, 0.25) is 0 Å². The molecule has 0 aromatic rings. The molecule has 0 aliphatic carbocycles. The van der Waals surface area contributed by atoms with E-state index in [1.807, 2.05) is 0 Å². The van der Waals surface area contributed by atoms with Crippen molar-refractivity contribution >= 4 is 0 Å². The third kappa shape index (κ3) is 288. The second-order valence-electron chi connectivity index (χ2n) is 0.447. The van der Waals surface area contributed by atoms with Crippen LogP contribution in [0.25, 0.3) is 0 Å². The molecule has 0 aromatic carbocycles. The van der Waals surface area contributed by atoms with Gasteiger partial charge >= 0.3 is 0 Å². The average Bonchev–Trinajstić information content (AvgIpc) is 2.23. The number of rotatable bonds is 0. The molecule has 0 amide bonds. The van der Waals surface area contributed by atoms with Crippen LogP contribution in [0, 0.1) is 60.7 Å². The molecule has 0 aromatic heterocycles. The normalized spacial score (nSPS) is 3.79. The Morgan fingerprint density at radius 1 is 0.368 bits per heavy atom. The van der Waals surface area contributed by atoms with Gasteiger partial charge in [-0.2, -0.15) is 0 Å². The molecule has 0 fully saturated rings. The van der Waals surface area contributed by atoms with E-state index in [-0.39, 0.29) is 19.5 Å². The summed E-state index contributed by atoms with van der Waals surface area (Å²) in [5.74, 6) is 0. The van der Waals surface area contributed by atoms with Gasteiger partial charge < -0.3 is 60.7 Å². The molecular formula is N6O12Rh-6. The first kappa shape index (κ1) is 44.4. The SMILES string of the molecule is O=N[O-].O=N[O-].O=N[O-].O=N[O-].O=N[O-].O=N[O-].[Rh]. The van der Waals surface area contributed by atoms with Crippen LogP contribution in [0.2, 0.25) is 0 Å². The van der Waals surface area contributed by atoms with Crippen LogP contribution in [-0.2, 0) is 19.5 Å². The maximum atomic E-state index is 8.00. The Kier molecular flexibility index (Phi) is 756. The van der Waals surface area contributed by atoms with Crippen molar-refractivity contribution in [3.05, 3.63) is 60.7 Å². The van der Waals surface area contributed by atoms with E-state index >= 15 is 0 Å². The summed E-state index contributed by atoms with van der Waals surface area (Å²) in [6, 6.07) is 0. The van der Waals surface area contributed by atoms with Crippen molar-refractivity contribution in [2.75, 3.05) is 0 Å². The van der Waals surface area contributed by atoms with Gasteiger partial charge in [-0.3, -0.25) is 0 Å². The van der Waals surface area contributed by atoms with Gasteiger partial charge in [-0.1, -0.05) is 0 Å². The van der Waals surface area contributed by atoms with Gasteiger partial charge in [0, 0.05) is 19.5 Å². The summed E-state index contributed by atoms with van der Waals surface area (Å²) in [7, 11) is 0. The Morgan fingerprint density at radius 2 is 0.368 bits per heavy atom. The van der Waals surface area contributed by atoms with Crippen molar-refractivity contribution in [2.45, 2.75) is 0 Å². The Labute approximate surface area is 113 Å². The van der Waals surface area contributed by atoms with Crippen LogP contribution >= 0.6 is 0 Å². The molecule has 0 aliphatic heterocycles. The Bertz CT molecular complexity index is 114. The largest absolute Gasteiger partial charge is 0.444 e. The van der Waals surface area contributed by atoms with Gasteiger partial charge in [-0.25, -0.2) is 0 Å². The number of hydrogen-bond acceptors (Lipinski definition) is 18. The minimum absolute atomic E-state index is 0. The maximum Gasteiger partial charge on any atom is 0 e. The molecule has 117 valence electrons. The summed E-state index contributed by atoms with van der Waals surface area (Å²) in [5, 5.41) is 54.0. The minimum atomic E-state index is 0. The van der Waals surface area contributed by atoms with Gasteiger partial charge in [-0.05, 0) is 0 Å². The van der Waals surface area contributed by atoms with E-state index in [9.17, 15) is 0 Å². The van der Waals surface area contributed by atoms with E-state index < -0.39 is 0 Å². The van der Waals surface area contributed by atoms with Crippen LogP contribution in [-0.4, -0.2) is 0 Å². The van der Waals surface area contributed by atoms with Crippen molar-refractivity contribution in [1.82, 2.24) is 0 Å². The summed E-state index contributed by atoms with van der Waals surface area (Å²) < 4.78 is 0. The standard InChI is InChI=1S/6HNO2.Rh/c6*2-1-3;/h6*(H,2,3);/p-6. The zero-order valence-corrected chi connectivity index (χ0v) is 9.55. The molecule has 19 heteroatoms. The van der Waals surface area contributed by atoms with Gasteiger partial charge in [-0.15, -0.1) is 32.0 Å². The molecule has 0 aliphatic rings. The van der Waals surface area contributed by atoms with Crippen molar-refractivity contribution in [2.24, 2.45) is 32.0 Å². The van der Waals surface area contributed by atoms with E-state index in [1.165, 1.54) is 0 Å². The first-order valence-corrected chi connectivity index (χ1v) is 2.19. The van der Waals surface area contributed by atoms with Crippen molar-refractivity contribution in [3.8, 4) is 0 Å². The van der Waals surface area contributed by atoms with Crippen molar-refractivity contribution in [3.63, 3.8) is 0 Å². The fourth-order valence-electron chi connectivity index (χ4n) is 0. The van der Waals surface area contributed by atoms with Gasteiger partial charge in [0.25, 0.3) is 0 Å². The average molecular weight is 379 g/mol. The predicted molar refractivity (Wildman–Crippen MR) is 55.0 cm³/mol. The van der Waals surface area contributed by atoms with Crippen molar-refractivity contribution in [1.29, 1.82) is 0 Å². The minimum Gasteiger partial charge on any atom is -0.444 e. The molecule has 18 nitrogen and oxygen atoms in total. The van der Waals surface area contributed by atoms with Crippen LogP contribution in [0.4, 0.5) is 0 Å². The Balaban J connectivity index is -0.0000000180. The van der Waals surface area contributed by atoms with Crippen LogP contribution in [0.1, 0.15) is 0 Å². The molecule has 0 spiro atoms. The van der Waals surface area contributed by atoms with Crippen LogP contribution in [0.5, 0.6) is 0 Å². The quantitative estimate of drug-likeness (QED) is 0.328. The first-order valence-electron chi connectivity index (χ1n) is 2.19. The molecule has 0 heterocycles. The third-order valence-corrected chi connectivity index (χ3v) is 0. The van der Waals surface area contributed by atoms with E-state index in [4.69, 9.17) is 60.7 Å². The summed E-state index contributed by atoms with van der Waals surface area (Å²) in [4.78, 5) is 48.0. The zero-order valence-electron chi connectivity index (χ0n) is 7.92. The van der Waals surface area contributed by atoms with Crippen LogP contribution < -0.4 is 0 Å². The smallest absolute Gasteiger partial charge is 0 e. The maximum absolute atomic E-state index is 8.00. The molecule has 0 bridgehead atoms. The molecule has 0 atom stereocenters. The molecule has 0 N–H and O–H groups in total. The number of nitrogens with zero attached hydrogens (tertiary/aromatic N) is 6. The van der Waals surface area contributed by atoms with Crippen LogP contribution in [0.15, 0.2) is 32.0 Å². The Morgan fingerprint density at radius 3 is 0.368 bits per heavy atom. The van der Waals surface area contributed by atoms with E-state index in [2.05, 4.69) is 0 Å². The summed E-state index contributed by atoms with van der Waals surface area (Å²) in [6.45, 7) is 0. The second kappa shape index (κ2) is 323. The van der Waals surface area contributed by atoms with Crippen molar-refractivity contribution < 1.29 is 19.5 Å². The summed E-state index contributed by atoms with van der Waals surface area (Å²) in [5.41, 5.74) is 0. The molecule has 0 saturated carbocycles. The number of hydrogen-bond donors (Lipinski definition) is 0. The summed E-state index contributed by atoms with van der Waals surface area (Å²) in [6.07, 6.45) is 0. The third-order valence-electron chi connectivity index (χ3n) is 0. The van der Waals surface area contributed by atoms with E-state index in [1.54, 1.807) is 0 Å². The molecule has 0 unspecified atom stereocenters. The van der Waals surface area contributed by atoms with E-state index in [0.717, 1.165) is 32.0 Å². The fraction of sp³-hybridized carbons (Fsp3) is 0. The topological polar surface area (TPSA) is 315 Å². The molecule has 19 heavy (non-hydrogen) atoms. The van der Waals surface area contributed by atoms with Gasteiger partial charge in [0.05, 0.1) is 0 Å².